The Hall–Kier alpha value is -1.27. The van der Waals surface area contributed by atoms with Gasteiger partial charge in [-0.25, -0.2) is 8.42 Å². The molecule has 5 nitrogen and oxygen atoms in total. The summed E-state index contributed by atoms with van der Waals surface area (Å²) in [6, 6.07) is 5.40. The molecule has 1 fully saturated rings. The van der Waals surface area contributed by atoms with Crippen LogP contribution in [0.5, 0.6) is 5.75 Å². The molecule has 2 heterocycles. The minimum Gasteiger partial charge on any atom is -0.492 e. The second-order valence-electron chi connectivity index (χ2n) is 5.93. The summed E-state index contributed by atoms with van der Waals surface area (Å²) in [4.78, 5) is 14.3. The van der Waals surface area contributed by atoms with Crippen molar-refractivity contribution in [3.63, 3.8) is 0 Å². The van der Waals surface area contributed by atoms with Crippen LogP contribution < -0.4 is 4.74 Å². The third kappa shape index (κ3) is 2.94. The summed E-state index contributed by atoms with van der Waals surface area (Å²) in [5.74, 6) is 0.491. The first-order chi connectivity index (χ1) is 10.4. The van der Waals surface area contributed by atoms with Gasteiger partial charge < -0.3 is 9.64 Å². The average Bonchev–Trinajstić information content (AvgIpc) is 2.48. The van der Waals surface area contributed by atoms with E-state index in [1.54, 1.807) is 17.9 Å². The zero-order valence-electron chi connectivity index (χ0n) is 12.3. The van der Waals surface area contributed by atoms with E-state index in [0.29, 0.717) is 18.1 Å². The molecule has 0 radical (unpaired) electrons. The number of amides is 1. The molecule has 0 spiro atoms. The number of ether oxygens (including phenoxy) is 1. The van der Waals surface area contributed by atoms with E-state index in [1.165, 1.54) is 0 Å². The normalized spacial score (nSPS) is 26.9. The van der Waals surface area contributed by atoms with Crippen molar-refractivity contribution in [3.05, 3.63) is 28.8 Å². The molecule has 1 unspecified atom stereocenters. The lowest BCUT2D eigenvalue weighted by Gasteiger charge is -2.34. The van der Waals surface area contributed by atoms with Gasteiger partial charge in [-0.15, -0.1) is 0 Å². The van der Waals surface area contributed by atoms with E-state index in [1.807, 2.05) is 12.1 Å². The van der Waals surface area contributed by atoms with Crippen molar-refractivity contribution in [1.82, 2.24) is 4.90 Å². The Morgan fingerprint density at radius 1 is 1.41 bits per heavy atom. The van der Waals surface area contributed by atoms with Crippen molar-refractivity contribution < 1.29 is 17.9 Å². The third-order valence-corrected chi connectivity index (χ3v) is 6.69. The van der Waals surface area contributed by atoms with E-state index in [0.717, 1.165) is 11.3 Å². The van der Waals surface area contributed by atoms with Crippen molar-refractivity contribution in [3.8, 4) is 5.75 Å². The molecular formula is C15H18ClNO4S. The highest BCUT2D eigenvalue weighted by Crippen LogP contribution is 2.30. The van der Waals surface area contributed by atoms with Crippen LogP contribution in [0.4, 0.5) is 0 Å². The van der Waals surface area contributed by atoms with Gasteiger partial charge >= 0.3 is 0 Å². The van der Waals surface area contributed by atoms with Crippen LogP contribution in [0.3, 0.4) is 0 Å². The quantitative estimate of drug-likeness (QED) is 0.776. The molecule has 0 bridgehead atoms. The van der Waals surface area contributed by atoms with Crippen LogP contribution >= 0.6 is 11.6 Å². The number of halogens is 1. The third-order valence-electron chi connectivity index (χ3n) is 4.33. The van der Waals surface area contributed by atoms with E-state index in [-0.39, 0.29) is 30.7 Å². The van der Waals surface area contributed by atoms with Gasteiger partial charge in [-0.05, 0) is 37.1 Å². The van der Waals surface area contributed by atoms with E-state index < -0.39 is 15.1 Å². The van der Waals surface area contributed by atoms with Crippen molar-refractivity contribution in [2.24, 2.45) is 5.92 Å². The highest BCUT2D eigenvalue weighted by molar-refractivity contribution is 7.92. The second kappa shape index (κ2) is 5.74. The Labute approximate surface area is 135 Å². The SMILES string of the molecule is C[C@H]1CN(C(=O)C2COc3ccc(Cl)cc3C2)CCS1(=O)=O. The molecule has 1 aromatic rings. The molecule has 0 N–H and O–H groups in total. The molecule has 2 atom stereocenters. The average molecular weight is 344 g/mol. The van der Waals surface area contributed by atoms with E-state index in [2.05, 4.69) is 0 Å². The summed E-state index contributed by atoms with van der Waals surface area (Å²) in [7, 11) is -3.06. The van der Waals surface area contributed by atoms with Crippen LogP contribution in [0.1, 0.15) is 12.5 Å². The van der Waals surface area contributed by atoms with Crippen LogP contribution in [0.15, 0.2) is 18.2 Å². The van der Waals surface area contributed by atoms with Crippen molar-refractivity contribution in [1.29, 1.82) is 0 Å². The van der Waals surface area contributed by atoms with Gasteiger partial charge in [0.15, 0.2) is 9.84 Å². The molecule has 1 saturated heterocycles. The van der Waals surface area contributed by atoms with E-state index in [4.69, 9.17) is 16.3 Å². The maximum atomic E-state index is 12.6. The molecule has 2 aliphatic rings. The molecule has 0 aliphatic carbocycles. The standard InChI is InChI=1S/C15H18ClNO4S/c1-10-8-17(4-5-22(10,19)20)15(18)12-6-11-7-13(16)2-3-14(11)21-9-12/h2-3,7,10,12H,4-6,8-9H2,1H3/t10-,12?/m0/s1. The Kier molecular flexibility index (Phi) is 4.07. The van der Waals surface area contributed by atoms with Crippen LogP contribution in [0.2, 0.25) is 5.02 Å². The summed E-state index contributed by atoms with van der Waals surface area (Å²) >= 11 is 5.99. The van der Waals surface area contributed by atoms with Gasteiger partial charge in [0.25, 0.3) is 0 Å². The smallest absolute Gasteiger partial charge is 0.229 e. The molecule has 120 valence electrons. The molecule has 1 aromatic carbocycles. The number of sulfone groups is 1. The van der Waals surface area contributed by atoms with Crippen molar-refractivity contribution >= 4 is 27.3 Å². The summed E-state index contributed by atoms with van der Waals surface area (Å²) in [6.07, 6.45) is 0.576. The summed E-state index contributed by atoms with van der Waals surface area (Å²) < 4.78 is 29.1. The minimum absolute atomic E-state index is 0.0348. The number of hydrogen-bond acceptors (Lipinski definition) is 4. The number of hydrogen-bond donors (Lipinski definition) is 0. The molecular weight excluding hydrogens is 326 g/mol. The fraction of sp³-hybridized carbons (Fsp3) is 0.533. The highest BCUT2D eigenvalue weighted by atomic mass is 35.5. The summed E-state index contributed by atoms with van der Waals surface area (Å²) in [5, 5.41) is 0.115. The fourth-order valence-electron chi connectivity index (χ4n) is 2.93. The monoisotopic (exact) mass is 343 g/mol. The molecule has 2 aliphatic heterocycles. The first-order valence-corrected chi connectivity index (χ1v) is 9.38. The van der Waals surface area contributed by atoms with Gasteiger partial charge in [-0.2, -0.15) is 0 Å². The Morgan fingerprint density at radius 3 is 2.91 bits per heavy atom. The van der Waals surface area contributed by atoms with Gasteiger partial charge in [-0.1, -0.05) is 11.6 Å². The Balaban J connectivity index is 1.72. The first kappa shape index (κ1) is 15.6. The summed E-state index contributed by atoms with van der Waals surface area (Å²) in [5.41, 5.74) is 0.926. The zero-order chi connectivity index (χ0) is 15.9. The van der Waals surface area contributed by atoms with E-state index in [9.17, 15) is 13.2 Å². The molecule has 0 saturated carbocycles. The van der Waals surface area contributed by atoms with Gasteiger partial charge in [-0.3, -0.25) is 4.79 Å². The van der Waals surface area contributed by atoms with Gasteiger partial charge in [0.05, 0.1) is 16.9 Å². The minimum atomic E-state index is -3.06. The van der Waals surface area contributed by atoms with Crippen LogP contribution in [-0.4, -0.2) is 49.9 Å². The Bertz CT molecular complexity index is 703. The van der Waals surface area contributed by atoms with E-state index >= 15 is 0 Å². The largest absolute Gasteiger partial charge is 0.492 e. The first-order valence-electron chi connectivity index (χ1n) is 7.28. The molecule has 0 aromatic heterocycles. The second-order valence-corrected chi connectivity index (χ2v) is 8.90. The predicted molar refractivity (Wildman–Crippen MR) is 84.0 cm³/mol. The number of rotatable bonds is 1. The molecule has 22 heavy (non-hydrogen) atoms. The molecule has 1 amide bonds. The lowest BCUT2D eigenvalue weighted by atomic mass is 9.95. The van der Waals surface area contributed by atoms with Crippen LogP contribution in [-0.2, 0) is 21.1 Å². The number of carbonyl (C=O) groups excluding carboxylic acids is 1. The topological polar surface area (TPSA) is 63.7 Å². The highest BCUT2D eigenvalue weighted by Gasteiger charge is 2.36. The maximum absolute atomic E-state index is 12.6. The number of benzene rings is 1. The molecule has 7 heteroatoms. The summed E-state index contributed by atoms with van der Waals surface area (Å²) in [6.45, 7) is 2.51. The van der Waals surface area contributed by atoms with Gasteiger partial charge in [0, 0.05) is 18.1 Å². The van der Waals surface area contributed by atoms with Crippen LogP contribution in [0, 0.1) is 5.92 Å². The number of nitrogens with zero attached hydrogens (tertiary/aromatic N) is 1. The lowest BCUT2D eigenvalue weighted by Crippen LogP contribution is -2.51. The zero-order valence-corrected chi connectivity index (χ0v) is 13.9. The lowest BCUT2D eigenvalue weighted by molar-refractivity contribution is -0.136. The maximum Gasteiger partial charge on any atom is 0.229 e. The van der Waals surface area contributed by atoms with Gasteiger partial charge in [0.2, 0.25) is 5.91 Å². The predicted octanol–water partition coefficient (Wildman–Crippen LogP) is 1.54. The van der Waals surface area contributed by atoms with Gasteiger partial charge in [0.1, 0.15) is 12.4 Å². The van der Waals surface area contributed by atoms with Crippen molar-refractivity contribution in [2.75, 3.05) is 25.4 Å². The fourth-order valence-corrected chi connectivity index (χ4v) is 4.41. The van der Waals surface area contributed by atoms with Crippen LogP contribution in [0.25, 0.3) is 0 Å². The number of carbonyl (C=O) groups is 1. The van der Waals surface area contributed by atoms with Crippen molar-refractivity contribution in [2.45, 2.75) is 18.6 Å². The Morgan fingerprint density at radius 2 is 2.18 bits per heavy atom. The number of fused-ring (bicyclic) bond motifs is 1. The molecule has 3 rings (SSSR count).